The maximum atomic E-state index is 5.95. The minimum absolute atomic E-state index is 0.0227. The summed E-state index contributed by atoms with van der Waals surface area (Å²) in [6.45, 7) is 8.86. The summed E-state index contributed by atoms with van der Waals surface area (Å²) in [5, 5.41) is 3.59. The molecule has 2 atom stereocenters. The highest BCUT2D eigenvalue weighted by molar-refractivity contribution is 5.35. The Labute approximate surface area is 116 Å². The van der Waals surface area contributed by atoms with E-state index in [1.54, 1.807) is 0 Å². The van der Waals surface area contributed by atoms with Crippen LogP contribution in [0, 0.1) is 13.8 Å². The largest absolute Gasteiger partial charge is 0.374 e. The molecule has 1 saturated heterocycles. The average molecular weight is 262 g/mol. The SMILES string of the molecule is Cc1cccc(C(CN)NCC2(C)CCCO2)c1C. The molecule has 2 rings (SSSR count). The number of hydrogen-bond acceptors (Lipinski definition) is 3. The number of rotatable bonds is 5. The molecule has 1 aromatic rings. The van der Waals surface area contributed by atoms with Crippen molar-refractivity contribution in [3.8, 4) is 0 Å². The van der Waals surface area contributed by atoms with Gasteiger partial charge in [0.25, 0.3) is 0 Å². The number of ether oxygens (including phenoxy) is 1. The number of hydrogen-bond donors (Lipinski definition) is 2. The normalized spacial score (nSPS) is 24.6. The van der Waals surface area contributed by atoms with E-state index in [0.29, 0.717) is 6.54 Å². The van der Waals surface area contributed by atoms with Gasteiger partial charge in [-0.05, 0) is 50.3 Å². The molecule has 0 spiro atoms. The third-order valence-corrected chi connectivity index (χ3v) is 4.28. The molecule has 0 aliphatic carbocycles. The van der Waals surface area contributed by atoms with Crippen molar-refractivity contribution in [2.24, 2.45) is 5.73 Å². The zero-order valence-electron chi connectivity index (χ0n) is 12.3. The Morgan fingerprint density at radius 1 is 1.42 bits per heavy atom. The zero-order chi connectivity index (χ0) is 13.9. The summed E-state index contributed by atoms with van der Waals surface area (Å²) in [5.74, 6) is 0. The minimum Gasteiger partial charge on any atom is -0.374 e. The van der Waals surface area contributed by atoms with Crippen molar-refractivity contribution in [2.45, 2.75) is 45.3 Å². The smallest absolute Gasteiger partial charge is 0.0779 e. The summed E-state index contributed by atoms with van der Waals surface area (Å²) >= 11 is 0. The molecule has 3 N–H and O–H groups in total. The van der Waals surface area contributed by atoms with Crippen molar-refractivity contribution in [1.29, 1.82) is 0 Å². The lowest BCUT2D eigenvalue weighted by Crippen LogP contribution is -2.41. The van der Waals surface area contributed by atoms with E-state index < -0.39 is 0 Å². The molecule has 106 valence electrons. The second kappa shape index (κ2) is 6.04. The van der Waals surface area contributed by atoms with Crippen LogP contribution in [0.2, 0.25) is 0 Å². The minimum atomic E-state index is -0.0227. The number of aryl methyl sites for hydroxylation is 1. The summed E-state index contributed by atoms with van der Waals surface area (Å²) in [7, 11) is 0. The van der Waals surface area contributed by atoms with Crippen LogP contribution >= 0.6 is 0 Å². The second-order valence-electron chi connectivity index (χ2n) is 5.86. The monoisotopic (exact) mass is 262 g/mol. The summed E-state index contributed by atoms with van der Waals surface area (Å²) in [6.07, 6.45) is 2.29. The van der Waals surface area contributed by atoms with Gasteiger partial charge in [-0.3, -0.25) is 0 Å². The van der Waals surface area contributed by atoms with Crippen LogP contribution in [0.4, 0.5) is 0 Å². The molecule has 0 saturated carbocycles. The van der Waals surface area contributed by atoms with Gasteiger partial charge in [0.2, 0.25) is 0 Å². The maximum absolute atomic E-state index is 5.95. The second-order valence-corrected chi connectivity index (χ2v) is 5.86. The van der Waals surface area contributed by atoms with E-state index in [0.717, 1.165) is 26.0 Å². The van der Waals surface area contributed by atoms with Gasteiger partial charge < -0.3 is 15.8 Å². The number of nitrogens with two attached hydrogens (primary N) is 1. The van der Waals surface area contributed by atoms with Gasteiger partial charge >= 0.3 is 0 Å². The Morgan fingerprint density at radius 2 is 2.21 bits per heavy atom. The molecule has 1 aliphatic rings. The standard InChI is InChI=1S/C16H26N2O/c1-12-6-4-7-14(13(12)2)15(10-17)18-11-16(3)8-5-9-19-16/h4,6-7,15,18H,5,8-11,17H2,1-3H3. The van der Waals surface area contributed by atoms with Crippen LogP contribution in [0.1, 0.15) is 42.5 Å². The first kappa shape index (κ1) is 14.5. The molecule has 19 heavy (non-hydrogen) atoms. The van der Waals surface area contributed by atoms with Crippen LogP contribution in [0.5, 0.6) is 0 Å². The van der Waals surface area contributed by atoms with E-state index in [9.17, 15) is 0 Å². The van der Waals surface area contributed by atoms with E-state index in [1.807, 2.05) is 0 Å². The molecular weight excluding hydrogens is 236 g/mol. The summed E-state index contributed by atoms with van der Waals surface area (Å²) in [4.78, 5) is 0. The van der Waals surface area contributed by atoms with Crippen molar-refractivity contribution in [3.05, 3.63) is 34.9 Å². The molecule has 0 radical (unpaired) electrons. The molecule has 1 heterocycles. The van der Waals surface area contributed by atoms with Crippen LogP contribution in [-0.2, 0) is 4.74 Å². The van der Waals surface area contributed by atoms with Crippen LogP contribution in [-0.4, -0.2) is 25.3 Å². The summed E-state index contributed by atoms with van der Waals surface area (Å²) < 4.78 is 5.82. The predicted octanol–water partition coefficient (Wildman–Crippen LogP) is 2.46. The lowest BCUT2D eigenvalue weighted by Gasteiger charge is -2.28. The Hall–Kier alpha value is -0.900. The Morgan fingerprint density at radius 3 is 2.84 bits per heavy atom. The molecule has 1 aromatic carbocycles. The van der Waals surface area contributed by atoms with Gasteiger partial charge in [0.1, 0.15) is 0 Å². The number of nitrogens with one attached hydrogen (secondary N) is 1. The maximum Gasteiger partial charge on any atom is 0.0779 e. The van der Waals surface area contributed by atoms with Crippen molar-refractivity contribution >= 4 is 0 Å². The third kappa shape index (κ3) is 3.35. The van der Waals surface area contributed by atoms with Crippen LogP contribution in [0.15, 0.2) is 18.2 Å². The molecule has 0 bridgehead atoms. The van der Waals surface area contributed by atoms with E-state index >= 15 is 0 Å². The van der Waals surface area contributed by atoms with Gasteiger partial charge in [-0.15, -0.1) is 0 Å². The first-order valence-corrected chi connectivity index (χ1v) is 7.19. The molecule has 1 fully saturated rings. The molecule has 0 amide bonds. The summed E-state index contributed by atoms with van der Waals surface area (Å²) in [6, 6.07) is 6.63. The first-order valence-electron chi connectivity index (χ1n) is 7.19. The fourth-order valence-corrected chi connectivity index (χ4v) is 2.79. The molecule has 3 nitrogen and oxygen atoms in total. The van der Waals surface area contributed by atoms with E-state index in [-0.39, 0.29) is 11.6 Å². The fourth-order valence-electron chi connectivity index (χ4n) is 2.79. The Balaban J connectivity index is 2.05. The van der Waals surface area contributed by atoms with Gasteiger partial charge in [-0.25, -0.2) is 0 Å². The first-order chi connectivity index (χ1) is 9.06. The zero-order valence-corrected chi connectivity index (χ0v) is 12.3. The molecule has 2 unspecified atom stereocenters. The van der Waals surface area contributed by atoms with E-state index in [1.165, 1.54) is 16.7 Å². The fraction of sp³-hybridized carbons (Fsp3) is 0.625. The Kier molecular flexibility index (Phi) is 4.61. The predicted molar refractivity (Wildman–Crippen MR) is 79.3 cm³/mol. The molecular formula is C16H26N2O. The number of benzene rings is 1. The summed E-state index contributed by atoms with van der Waals surface area (Å²) in [5.41, 5.74) is 9.89. The topological polar surface area (TPSA) is 47.3 Å². The van der Waals surface area contributed by atoms with Crippen molar-refractivity contribution in [2.75, 3.05) is 19.7 Å². The lowest BCUT2D eigenvalue weighted by molar-refractivity contribution is 0.0189. The third-order valence-electron chi connectivity index (χ3n) is 4.28. The lowest BCUT2D eigenvalue weighted by atomic mass is 9.96. The quantitative estimate of drug-likeness (QED) is 0.857. The van der Waals surface area contributed by atoms with Crippen LogP contribution in [0.3, 0.4) is 0 Å². The highest BCUT2D eigenvalue weighted by Gasteiger charge is 2.30. The van der Waals surface area contributed by atoms with Gasteiger partial charge in [0, 0.05) is 25.7 Å². The van der Waals surface area contributed by atoms with Crippen LogP contribution < -0.4 is 11.1 Å². The highest BCUT2D eigenvalue weighted by Crippen LogP contribution is 2.26. The van der Waals surface area contributed by atoms with Gasteiger partial charge in [0.05, 0.1) is 5.60 Å². The van der Waals surface area contributed by atoms with E-state index in [2.05, 4.69) is 44.3 Å². The van der Waals surface area contributed by atoms with Crippen molar-refractivity contribution in [3.63, 3.8) is 0 Å². The highest BCUT2D eigenvalue weighted by atomic mass is 16.5. The van der Waals surface area contributed by atoms with Gasteiger partial charge in [0.15, 0.2) is 0 Å². The molecule has 3 heteroatoms. The van der Waals surface area contributed by atoms with Crippen LogP contribution in [0.25, 0.3) is 0 Å². The van der Waals surface area contributed by atoms with Crippen molar-refractivity contribution in [1.82, 2.24) is 5.32 Å². The van der Waals surface area contributed by atoms with Gasteiger partial charge in [-0.2, -0.15) is 0 Å². The molecule has 0 aromatic heterocycles. The Bertz CT molecular complexity index is 425. The van der Waals surface area contributed by atoms with Gasteiger partial charge in [-0.1, -0.05) is 18.2 Å². The molecule has 1 aliphatic heterocycles. The average Bonchev–Trinajstić information content (AvgIpc) is 2.82. The van der Waals surface area contributed by atoms with Crippen molar-refractivity contribution < 1.29 is 4.74 Å². The van der Waals surface area contributed by atoms with E-state index in [4.69, 9.17) is 10.5 Å².